The summed E-state index contributed by atoms with van der Waals surface area (Å²) < 4.78 is 13.6. The second-order valence-corrected chi connectivity index (χ2v) is 8.33. The molecule has 3 aromatic carbocycles. The molecule has 0 radical (unpaired) electrons. The number of rotatable bonds is 8. The molecular formula is C26H30FNO. The van der Waals surface area contributed by atoms with Gasteiger partial charge in [0.05, 0.1) is 5.60 Å². The molecule has 0 heterocycles. The van der Waals surface area contributed by atoms with Crippen molar-refractivity contribution in [2.75, 3.05) is 0 Å². The molecule has 0 saturated carbocycles. The molecule has 152 valence electrons. The van der Waals surface area contributed by atoms with Crippen LogP contribution in [0.1, 0.15) is 56.0 Å². The number of halogens is 1. The van der Waals surface area contributed by atoms with Gasteiger partial charge in [-0.1, -0.05) is 72.8 Å². The van der Waals surface area contributed by atoms with Crippen LogP contribution in [0, 0.1) is 5.82 Å². The van der Waals surface area contributed by atoms with Gasteiger partial charge in [-0.15, -0.1) is 0 Å². The number of benzene rings is 3. The van der Waals surface area contributed by atoms with Crippen LogP contribution < -0.4 is 0 Å². The van der Waals surface area contributed by atoms with E-state index in [-0.39, 0.29) is 17.9 Å². The average molecular weight is 392 g/mol. The first-order valence-corrected chi connectivity index (χ1v) is 10.2. The summed E-state index contributed by atoms with van der Waals surface area (Å²) in [6.07, 6.45) is 0.544. The molecule has 2 nitrogen and oxygen atoms in total. The number of nitrogens with zero attached hydrogens (tertiary/aromatic N) is 1. The maximum Gasteiger partial charge on any atom is 0.123 e. The predicted octanol–water partition coefficient (Wildman–Crippen LogP) is 6.29. The van der Waals surface area contributed by atoms with Gasteiger partial charge in [0.25, 0.3) is 0 Å². The van der Waals surface area contributed by atoms with E-state index in [0.717, 1.165) is 12.1 Å². The lowest BCUT2D eigenvalue weighted by Crippen LogP contribution is -2.36. The van der Waals surface area contributed by atoms with Gasteiger partial charge in [0, 0.05) is 18.6 Å². The molecule has 0 aliphatic carbocycles. The van der Waals surface area contributed by atoms with E-state index in [0.29, 0.717) is 6.42 Å². The second kappa shape index (κ2) is 9.34. The van der Waals surface area contributed by atoms with Crippen LogP contribution in [0.5, 0.6) is 0 Å². The third kappa shape index (κ3) is 5.99. The molecule has 0 spiro atoms. The lowest BCUT2D eigenvalue weighted by atomic mass is 9.90. The van der Waals surface area contributed by atoms with Gasteiger partial charge < -0.3 is 5.11 Å². The monoisotopic (exact) mass is 391 g/mol. The Balaban J connectivity index is 2.04. The second-order valence-electron chi connectivity index (χ2n) is 8.33. The van der Waals surface area contributed by atoms with E-state index < -0.39 is 5.60 Å². The van der Waals surface area contributed by atoms with Crippen LogP contribution in [0.3, 0.4) is 0 Å². The van der Waals surface area contributed by atoms with Crippen molar-refractivity contribution in [1.29, 1.82) is 0 Å². The Morgan fingerprint density at radius 2 is 1.38 bits per heavy atom. The highest BCUT2D eigenvalue weighted by Gasteiger charge is 2.30. The van der Waals surface area contributed by atoms with Gasteiger partial charge in [0.15, 0.2) is 0 Å². The fourth-order valence-electron chi connectivity index (χ4n) is 3.82. The quantitative estimate of drug-likeness (QED) is 0.488. The van der Waals surface area contributed by atoms with Gasteiger partial charge in [0.1, 0.15) is 5.82 Å². The van der Waals surface area contributed by atoms with Crippen LogP contribution in [-0.4, -0.2) is 15.6 Å². The molecule has 0 bridgehead atoms. The zero-order valence-corrected chi connectivity index (χ0v) is 17.4. The van der Waals surface area contributed by atoms with E-state index >= 15 is 0 Å². The summed E-state index contributed by atoms with van der Waals surface area (Å²) in [7, 11) is 0. The Morgan fingerprint density at radius 3 is 1.93 bits per heavy atom. The van der Waals surface area contributed by atoms with Crippen molar-refractivity contribution in [2.24, 2.45) is 0 Å². The van der Waals surface area contributed by atoms with Crippen LogP contribution in [0.2, 0.25) is 0 Å². The average Bonchev–Trinajstić information content (AvgIpc) is 2.71. The van der Waals surface area contributed by atoms with E-state index in [1.807, 2.05) is 50.2 Å². The Labute approximate surface area is 173 Å². The highest BCUT2D eigenvalue weighted by Crippen LogP contribution is 2.37. The highest BCUT2D eigenvalue weighted by atomic mass is 19.1. The fourth-order valence-corrected chi connectivity index (χ4v) is 3.82. The van der Waals surface area contributed by atoms with Gasteiger partial charge in [0.2, 0.25) is 0 Å². The molecular weight excluding hydrogens is 361 g/mol. The number of hydrogen-bond acceptors (Lipinski definition) is 2. The summed E-state index contributed by atoms with van der Waals surface area (Å²) in [5, 5.41) is 10.7. The zero-order valence-electron chi connectivity index (χ0n) is 17.4. The molecule has 3 heteroatoms. The third-order valence-electron chi connectivity index (χ3n) is 5.34. The molecule has 0 aromatic heterocycles. The van der Waals surface area contributed by atoms with Gasteiger partial charge in [-0.2, -0.15) is 0 Å². The van der Waals surface area contributed by atoms with E-state index in [1.165, 1.54) is 23.3 Å². The molecule has 3 rings (SSSR count). The van der Waals surface area contributed by atoms with Crippen molar-refractivity contribution in [3.8, 4) is 0 Å². The molecule has 0 amide bonds. The summed E-state index contributed by atoms with van der Waals surface area (Å²) in [6, 6.07) is 27.5. The lowest BCUT2D eigenvalue weighted by molar-refractivity contribution is 0.0183. The molecule has 2 atom stereocenters. The molecule has 0 fully saturated rings. The maximum absolute atomic E-state index is 13.6. The van der Waals surface area contributed by atoms with Crippen molar-refractivity contribution in [3.63, 3.8) is 0 Å². The summed E-state index contributed by atoms with van der Waals surface area (Å²) in [4.78, 5) is 2.40. The smallest absolute Gasteiger partial charge is 0.123 e. The topological polar surface area (TPSA) is 23.5 Å². The SMILES string of the molecule is C[C@@H](c1ccccc1)N(Cc1ccccc1)C(CC(C)(C)O)c1ccc(F)cc1. The van der Waals surface area contributed by atoms with Crippen molar-refractivity contribution in [3.05, 3.63) is 107 Å². The van der Waals surface area contributed by atoms with Crippen LogP contribution in [0.4, 0.5) is 4.39 Å². The summed E-state index contributed by atoms with van der Waals surface area (Å²) in [5.41, 5.74) is 2.57. The normalized spacial score (nSPS) is 14.0. The lowest BCUT2D eigenvalue weighted by Gasteiger charge is -2.39. The van der Waals surface area contributed by atoms with Crippen molar-refractivity contribution < 1.29 is 9.50 Å². The van der Waals surface area contributed by atoms with Crippen molar-refractivity contribution >= 4 is 0 Å². The summed E-state index contributed by atoms with van der Waals surface area (Å²) in [5.74, 6) is -0.249. The molecule has 0 aliphatic rings. The molecule has 29 heavy (non-hydrogen) atoms. The third-order valence-corrected chi connectivity index (χ3v) is 5.34. The Kier molecular flexibility index (Phi) is 6.83. The van der Waals surface area contributed by atoms with Gasteiger partial charge in [-0.05, 0) is 56.0 Å². The van der Waals surface area contributed by atoms with E-state index in [1.54, 1.807) is 0 Å². The minimum absolute atomic E-state index is 0.0639. The van der Waals surface area contributed by atoms with Crippen LogP contribution in [0.15, 0.2) is 84.9 Å². The highest BCUT2D eigenvalue weighted by molar-refractivity contribution is 5.25. The fraction of sp³-hybridized carbons (Fsp3) is 0.308. The standard InChI is InChI=1S/C26H30FNO/c1-20(22-12-8-5-9-13-22)28(19-21-10-6-4-7-11-21)25(18-26(2,3)29)23-14-16-24(27)17-15-23/h4-17,20,25,29H,18-19H2,1-3H3/t20-,25?/m0/s1. The zero-order chi connectivity index (χ0) is 20.9. The molecule has 1 N–H and O–H groups in total. The van der Waals surface area contributed by atoms with Crippen molar-refractivity contribution in [2.45, 2.75) is 51.4 Å². The largest absolute Gasteiger partial charge is 0.390 e. The first kappa shape index (κ1) is 21.2. The Morgan fingerprint density at radius 1 is 0.828 bits per heavy atom. The van der Waals surface area contributed by atoms with E-state index in [4.69, 9.17) is 0 Å². The van der Waals surface area contributed by atoms with Gasteiger partial charge in [-0.25, -0.2) is 4.39 Å². The van der Waals surface area contributed by atoms with Crippen LogP contribution >= 0.6 is 0 Å². The first-order valence-electron chi connectivity index (χ1n) is 10.2. The maximum atomic E-state index is 13.6. The van der Waals surface area contributed by atoms with E-state index in [9.17, 15) is 9.50 Å². The van der Waals surface area contributed by atoms with Crippen molar-refractivity contribution in [1.82, 2.24) is 4.90 Å². The van der Waals surface area contributed by atoms with Crippen LogP contribution in [-0.2, 0) is 6.54 Å². The molecule has 0 aliphatic heterocycles. The summed E-state index contributed by atoms with van der Waals surface area (Å²) >= 11 is 0. The molecule has 3 aromatic rings. The van der Waals surface area contributed by atoms with Gasteiger partial charge in [-0.3, -0.25) is 4.90 Å². The number of aliphatic hydroxyl groups is 1. The number of hydrogen-bond donors (Lipinski definition) is 1. The first-order chi connectivity index (χ1) is 13.8. The van der Waals surface area contributed by atoms with Crippen LogP contribution in [0.25, 0.3) is 0 Å². The molecule has 1 unspecified atom stereocenters. The van der Waals surface area contributed by atoms with Gasteiger partial charge >= 0.3 is 0 Å². The Bertz CT molecular complexity index is 872. The Hall–Kier alpha value is -2.49. The summed E-state index contributed by atoms with van der Waals surface area (Å²) in [6.45, 7) is 6.59. The van der Waals surface area contributed by atoms with E-state index in [2.05, 4.69) is 48.2 Å². The minimum atomic E-state index is -0.857. The predicted molar refractivity (Wildman–Crippen MR) is 117 cm³/mol. The molecule has 0 saturated heterocycles. The minimum Gasteiger partial charge on any atom is -0.390 e.